The maximum atomic E-state index is 5.76. The minimum atomic E-state index is 1.02. The Bertz CT molecular complexity index is 517. The van der Waals surface area contributed by atoms with E-state index in [2.05, 4.69) is 37.3 Å². The molecule has 2 aromatic rings. The molecule has 0 fully saturated rings. The van der Waals surface area contributed by atoms with E-state index in [0.717, 1.165) is 24.2 Å². The Morgan fingerprint density at radius 2 is 2.21 bits per heavy atom. The van der Waals surface area contributed by atoms with Crippen molar-refractivity contribution in [2.24, 2.45) is 0 Å². The van der Waals surface area contributed by atoms with Gasteiger partial charge < -0.3 is 4.42 Å². The van der Waals surface area contributed by atoms with Crippen molar-refractivity contribution < 1.29 is 4.42 Å². The third kappa shape index (κ3) is 1.02. The molecule has 0 saturated heterocycles. The summed E-state index contributed by atoms with van der Waals surface area (Å²) >= 11 is 0. The highest BCUT2D eigenvalue weighted by atomic mass is 16.3. The van der Waals surface area contributed by atoms with Gasteiger partial charge in [-0.3, -0.25) is 0 Å². The van der Waals surface area contributed by atoms with Crippen molar-refractivity contribution in [3.05, 3.63) is 41.2 Å². The number of rotatable bonds is 0. The van der Waals surface area contributed by atoms with E-state index in [1.54, 1.807) is 0 Å². The van der Waals surface area contributed by atoms with Crippen LogP contribution in [0, 0.1) is 6.92 Å². The molecule has 0 bridgehead atoms. The predicted octanol–water partition coefficient (Wildman–Crippen LogP) is 3.70. The molecule has 1 aliphatic carbocycles. The number of benzene rings is 1. The summed E-state index contributed by atoms with van der Waals surface area (Å²) in [6.45, 7) is 2.12. The minimum Gasteiger partial charge on any atom is -0.456 e. The SMILES string of the molecule is Cc1ccc2oc3c(c2c1)CCC=C3. The van der Waals surface area contributed by atoms with Gasteiger partial charge >= 0.3 is 0 Å². The Morgan fingerprint density at radius 1 is 1.29 bits per heavy atom. The smallest absolute Gasteiger partial charge is 0.135 e. The summed E-state index contributed by atoms with van der Waals surface area (Å²) in [5, 5.41) is 1.30. The molecule has 1 heteroatoms. The summed E-state index contributed by atoms with van der Waals surface area (Å²) in [5.41, 5.74) is 3.70. The largest absolute Gasteiger partial charge is 0.456 e. The van der Waals surface area contributed by atoms with Crippen molar-refractivity contribution in [1.29, 1.82) is 0 Å². The highest BCUT2D eigenvalue weighted by Gasteiger charge is 2.13. The Hall–Kier alpha value is -1.50. The van der Waals surface area contributed by atoms with Gasteiger partial charge in [0.1, 0.15) is 11.3 Å². The van der Waals surface area contributed by atoms with Crippen molar-refractivity contribution in [2.45, 2.75) is 19.8 Å². The van der Waals surface area contributed by atoms with Gasteiger partial charge in [-0.2, -0.15) is 0 Å². The van der Waals surface area contributed by atoms with Gasteiger partial charge in [-0.15, -0.1) is 0 Å². The molecular formula is C13H12O. The van der Waals surface area contributed by atoms with Crippen molar-refractivity contribution in [3.63, 3.8) is 0 Å². The lowest BCUT2D eigenvalue weighted by molar-refractivity contribution is 0.595. The molecule has 0 spiro atoms. The predicted molar refractivity (Wildman–Crippen MR) is 58.3 cm³/mol. The van der Waals surface area contributed by atoms with E-state index < -0.39 is 0 Å². The van der Waals surface area contributed by atoms with Crippen LogP contribution in [0.25, 0.3) is 17.0 Å². The first kappa shape index (κ1) is 7.86. The second-order valence-electron chi connectivity index (χ2n) is 3.89. The van der Waals surface area contributed by atoms with E-state index in [-0.39, 0.29) is 0 Å². The van der Waals surface area contributed by atoms with Gasteiger partial charge in [-0.1, -0.05) is 17.7 Å². The molecule has 70 valence electrons. The van der Waals surface area contributed by atoms with E-state index in [1.165, 1.54) is 16.5 Å². The Kier molecular flexibility index (Phi) is 1.54. The monoisotopic (exact) mass is 184 g/mol. The molecule has 1 nitrogen and oxygen atoms in total. The molecule has 3 rings (SSSR count). The number of aryl methyl sites for hydroxylation is 2. The van der Waals surface area contributed by atoms with Crippen LogP contribution in [0.1, 0.15) is 23.3 Å². The fourth-order valence-electron chi connectivity index (χ4n) is 2.09. The molecule has 0 unspecified atom stereocenters. The number of hydrogen-bond acceptors (Lipinski definition) is 1. The topological polar surface area (TPSA) is 13.1 Å². The fraction of sp³-hybridized carbons (Fsp3) is 0.231. The average molecular weight is 184 g/mol. The molecule has 0 amide bonds. The van der Waals surface area contributed by atoms with E-state index >= 15 is 0 Å². The van der Waals surface area contributed by atoms with Crippen LogP contribution in [0.15, 0.2) is 28.7 Å². The van der Waals surface area contributed by atoms with Crippen LogP contribution >= 0.6 is 0 Å². The van der Waals surface area contributed by atoms with Crippen molar-refractivity contribution in [1.82, 2.24) is 0 Å². The van der Waals surface area contributed by atoms with Crippen molar-refractivity contribution in [3.8, 4) is 0 Å². The molecule has 0 N–H and O–H groups in total. The van der Waals surface area contributed by atoms with Crippen molar-refractivity contribution >= 4 is 17.0 Å². The second kappa shape index (κ2) is 2.74. The molecule has 1 aromatic heterocycles. The van der Waals surface area contributed by atoms with Crippen LogP contribution in [-0.2, 0) is 6.42 Å². The summed E-state index contributed by atoms with van der Waals surface area (Å²) in [4.78, 5) is 0. The molecule has 0 radical (unpaired) electrons. The lowest BCUT2D eigenvalue weighted by Crippen LogP contribution is -1.89. The van der Waals surface area contributed by atoms with E-state index in [1.807, 2.05) is 0 Å². The first-order valence-corrected chi connectivity index (χ1v) is 5.03. The number of furan rings is 1. The third-order valence-corrected chi connectivity index (χ3v) is 2.81. The molecule has 14 heavy (non-hydrogen) atoms. The standard InChI is InChI=1S/C13H12O/c1-9-6-7-13-11(8-9)10-4-2-3-5-12(10)14-13/h3,5-8H,2,4H2,1H3. The van der Waals surface area contributed by atoms with Gasteiger partial charge in [0.25, 0.3) is 0 Å². The van der Waals surface area contributed by atoms with Crippen LogP contribution in [0.3, 0.4) is 0 Å². The van der Waals surface area contributed by atoms with Crippen LogP contribution in [0.2, 0.25) is 0 Å². The fourth-order valence-corrected chi connectivity index (χ4v) is 2.09. The Morgan fingerprint density at radius 3 is 3.14 bits per heavy atom. The van der Waals surface area contributed by atoms with Crippen LogP contribution < -0.4 is 0 Å². The molecule has 1 aromatic carbocycles. The van der Waals surface area contributed by atoms with Crippen LogP contribution in [0.4, 0.5) is 0 Å². The highest BCUT2D eigenvalue weighted by Crippen LogP contribution is 2.31. The van der Waals surface area contributed by atoms with E-state index in [9.17, 15) is 0 Å². The summed E-state index contributed by atoms with van der Waals surface area (Å²) < 4.78 is 5.76. The zero-order valence-electron chi connectivity index (χ0n) is 8.21. The lowest BCUT2D eigenvalue weighted by atomic mass is 10.0. The average Bonchev–Trinajstić information content (AvgIpc) is 2.56. The first-order chi connectivity index (χ1) is 6.84. The maximum absolute atomic E-state index is 5.76. The number of fused-ring (bicyclic) bond motifs is 3. The van der Waals surface area contributed by atoms with Gasteiger partial charge in [-0.05, 0) is 38.0 Å². The van der Waals surface area contributed by atoms with Gasteiger partial charge in [0.05, 0.1) is 0 Å². The first-order valence-electron chi connectivity index (χ1n) is 5.03. The number of allylic oxidation sites excluding steroid dienone is 1. The maximum Gasteiger partial charge on any atom is 0.135 e. The van der Waals surface area contributed by atoms with Gasteiger partial charge in [0.15, 0.2) is 0 Å². The summed E-state index contributed by atoms with van der Waals surface area (Å²) in [5.74, 6) is 1.05. The van der Waals surface area contributed by atoms with Crippen LogP contribution in [0.5, 0.6) is 0 Å². The van der Waals surface area contributed by atoms with E-state index in [4.69, 9.17) is 4.42 Å². The minimum absolute atomic E-state index is 1.02. The van der Waals surface area contributed by atoms with Crippen molar-refractivity contribution in [2.75, 3.05) is 0 Å². The molecule has 0 atom stereocenters. The Labute approximate surface area is 83.0 Å². The van der Waals surface area contributed by atoms with E-state index in [0.29, 0.717) is 0 Å². The summed E-state index contributed by atoms with van der Waals surface area (Å²) in [6, 6.07) is 6.38. The van der Waals surface area contributed by atoms with Gasteiger partial charge in [-0.25, -0.2) is 0 Å². The quantitative estimate of drug-likeness (QED) is 0.608. The summed E-state index contributed by atoms with van der Waals surface area (Å²) in [7, 11) is 0. The normalized spacial score (nSPS) is 14.6. The Balaban J connectivity index is 2.39. The zero-order chi connectivity index (χ0) is 9.54. The zero-order valence-corrected chi connectivity index (χ0v) is 8.21. The summed E-state index contributed by atoms with van der Waals surface area (Å²) in [6.07, 6.45) is 6.52. The van der Waals surface area contributed by atoms with Gasteiger partial charge in [0.2, 0.25) is 0 Å². The second-order valence-corrected chi connectivity index (χ2v) is 3.89. The van der Waals surface area contributed by atoms with Crippen LogP contribution in [-0.4, -0.2) is 0 Å². The molecule has 0 saturated carbocycles. The highest BCUT2D eigenvalue weighted by molar-refractivity contribution is 5.85. The lowest BCUT2D eigenvalue weighted by Gasteiger charge is -2.02. The molecule has 0 aliphatic heterocycles. The molecule has 1 aliphatic rings. The molecular weight excluding hydrogens is 172 g/mol. The van der Waals surface area contributed by atoms with Gasteiger partial charge in [0, 0.05) is 10.9 Å². The third-order valence-electron chi connectivity index (χ3n) is 2.81. The molecule has 1 heterocycles. The number of hydrogen-bond donors (Lipinski definition) is 0.